The van der Waals surface area contributed by atoms with Crippen molar-refractivity contribution in [2.24, 2.45) is 5.92 Å². The lowest BCUT2D eigenvalue weighted by Gasteiger charge is -2.16. The first-order valence-electron chi connectivity index (χ1n) is 6.03. The van der Waals surface area contributed by atoms with Gasteiger partial charge in [-0.2, -0.15) is 0 Å². The molecule has 0 radical (unpaired) electrons. The Kier molecular flexibility index (Phi) is 4.32. The summed E-state index contributed by atoms with van der Waals surface area (Å²) in [5, 5.41) is 4.66. The first-order chi connectivity index (χ1) is 7.79. The number of thiazole rings is 1. The number of rotatable bonds is 5. The van der Waals surface area contributed by atoms with Gasteiger partial charge in [-0.25, -0.2) is 4.98 Å². The van der Waals surface area contributed by atoms with Crippen LogP contribution in [0.15, 0.2) is 6.20 Å². The summed E-state index contributed by atoms with van der Waals surface area (Å²) in [5.74, 6) is 0.694. The Morgan fingerprint density at radius 2 is 2.50 bits per heavy atom. The minimum absolute atomic E-state index is 0.468. The monoisotopic (exact) mass is 240 g/mol. The van der Waals surface area contributed by atoms with Crippen molar-refractivity contribution in [2.75, 3.05) is 13.2 Å². The van der Waals surface area contributed by atoms with E-state index < -0.39 is 0 Å². The van der Waals surface area contributed by atoms with Gasteiger partial charge in [-0.15, -0.1) is 11.3 Å². The Morgan fingerprint density at radius 1 is 1.62 bits per heavy atom. The third-order valence-electron chi connectivity index (χ3n) is 3.12. The zero-order valence-electron chi connectivity index (χ0n) is 10.0. The summed E-state index contributed by atoms with van der Waals surface area (Å²) < 4.78 is 5.67. The summed E-state index contributed by atoms with van der Waals surface area (Å²) in [6, 6.07) is 0. The average Bonchev–Trinajstić information content (AvgIpc) is 2.87. The molecule has 2 atom stereocenters. The molecule has 2 unspecified atom stereocenters. The first kappa shape index (κ1) is 12.0. The molecule has 1 N–H and O–H groups in total. The third kappa shape index (κ3) is 3.03. The van der Waals surface area contributed by atoms with Crippen LogP contribution in [0.2, 0.25) is 0 Å². The lowest BCUT2D eigenvalue weighted by atomic mass is 10.00. The lowest BCUT2D eigenvalue weighted by molar-refractivity contribution is 0.0872. The fourth-order valence-electron chi connectivity index (χ4n) is 2.25. The van der Waals surface area contributed by atoms with Gasteiger partial charge in [-0.1, -0.05) is 6.92 Å². The molecule has 1 aromatic rings. The number of hydrogen-bond acceptors (Lipinski definition) is 4. The molecule has 16 heavy (non-hydrogen) atoms. The second kappa shape index (κ2) is 5.75. The predicted molar refractivity (Wildman–Crippen MR) is 66.7 cm³/mol. The van der Waals surface area contributed by atoms with Crippen LogP contribution < -0.4 is 5.32 Å². The van der Waals surface area contributed by atoms with E-state index in [-0.39, 0.29) is 0 Å². The topological polar surface area (TPSA) is 34.1 Å². The summed E-state index contributed by atoms with van der Waals surface area (Å²) in [6.07, 6.45) is 4.77. The largest absolute Gasteiger partial charge is 0.378 e. The van der Waals surface area contributed by atoms with Crippen molar-refractivity contribution in [1.29, 1.82) is 0 Å². The number of ether oxygens (including phenoxy) is 1. The highest BCUT2D eigenvalue weighted by molar-refractivity contribution is 7.11. The molecule has 0 bridgehead atoms. The van der Waals surface area contributed by atoms with Crippen LogP contribution in [0.25, 0.3) is 0 Å². The number of nitrogens with zero attached hydrogens (tertiary/aromatic N) is 1. The molecule has 2 rings (SSSR count). The van der Waals surface area contributed by atoms with E-state index in [0.717, 1.165) is 31.1 Å². The van der Waals surface area contributed by atoms with Gasteiger partial charge in [0.1, 0.15) is 0 Å². The van der Waals surface area contributed by atoms with Gasteiger partial charge < -0.3 is 10.1 Å². The highest BCUT2D eigenvalue weighted by Gasteiger charge is 2.25. The molecular weight excluding hydrogens is 220 g/mol. The molecule has 4 heteroatoms. The molecule has 1 saturated heterocycles. The van der Waals surface area contributed by atoms with Crippen molar-refractivity contribution in [3.8, 4) is 0 Å². The maximum atomic E-state index is 5.67. The van der Waals surface area contributed by atoms with E-state index in [4.69, 9.17) is 4.74 Å². The summed E-state index contributed by atoms with van der Waals surface area (Å²) >= 11 is 1.77. The van der Waals surface area contributed by atoms with Crippen LogP contribution in [-0.4, -0.2) is 24.2 Å². The van der Waals surface area contributed by atoms with Crippen LogP contribution in [0, 0.1) is 12.8 Å². The number of nitrogens with one attached hydrogen (secondary N) is 1. The SMILES string of the molecule is CCC1OCCC1CNCc1cnc(C)s1. The van der Waals surface area contributed by atoms with Gasteiger partial charge in [0, 0.05) is 30.8 Å². The van der Waals surface area contributed by atoms with Crippen LogP contribution >= 0.6 is 11.3 Å². The molecular formula is C12H20N2OS. The van der Waals surface area contributed by atoms with E-state index in [2.05, 4.69) is 17.2 Å². The molecule has 0 saturated carbocycles. The Hall–Kier alpha value is -0.450. The normalized spacial score (nSPS) is 25.1. The van der Waals surface area contributed by atoms with Crippen LogP contribution in [0.1, 0.15) is 29.7 Å². The lowest BCUT2D eigenvalue weighted by Crippen LogP contribution is -2.27. The molecule has 1 aliphatic rings. The Morgan fingerprint density at radius 3 is 3.19 bits per heavy atom. The molecule has 3 nitrogen and oxygen atoms in total. The van der Waals surface area contributed by atoms with Gasteiger partial charge in [0.2, 0.25) is 0 Å². The molecule has 0 amide bonds. The second-order valence-electron chi connectivity index (χ2n) is 4.34. The zero-order valence-corrected chi connectivity index (χ0v) is 10.8. The average molecular weight is 240 g/mol. The summed E-state index contributed by atoms with van der Waals surface area (Å²) in [7, 11) is 0. The van der Waals surface area contributed by atoms with Gasteiger partial charge >= 0.3 is 0 Å². The first-order valence-corrected chi connectivity index (χ1v) is 6.85. The van der Waals surface area contributed by atoms with E-state index >= 15 is 0 Å². The smallest absolute Gasteiger partial charge is 0.0897 e. The maximum Gasteiger partial charge on any atom is 0.0897 e. The molecule has 0 spiro atoms. The molecule has 1 aromatic heterocycles. The van der Waals surface area contributed by atoms with E-state index in [9.17, 15) is 0 Å². The van der Waals surface area contributed by atoms with Crippen molar-refractivity contribution < 1.29 is 4.74 Å². The van der Waals surface area contributed by atoms with Crippen molar-refractivity contribution in [3.05, 3.63) is 16.1 Å². The van der Waals surface area contributed by atoms with E-state index in [1.165, 1.54) is 11.3 Å². The maximum absolute atomic E-state index is 5.67. The van der Waals surface area contributed by atoms with Gasteiger partial charge in [0.05, 0.1) is 11.1 Å². The molecule has 0 aromatic carbocycles. The summed E-state index contributed by atoms with van der Waals surface area (Å²) in [5.41, 5.74) is 0. The Balaban J connectivity index is 1.71. The van der Waals surface area contributed by atoms with E-state index in [1.807, 2.05) is 13.1 Å². The second-order valence-corrected chi connectivity index (χ2v) is 5.66. The molecule has 2 heterocycles. The molecule has 1 aliphatic heterocycles. The van der Waals surface area contributed by atoms with Crippen LogP contribution in [0.5, 0.6) is 0 Å². The predicted octanol–water partition coefficient (Wildman–Crippen LogP) is 2.36. The summed E-state index contributed by atoms with van der Waals surface area (Å²) in [4.78, 5) is 5.58. The Bertz CT molecular complexity index is 327. The standard InChI is InChI=1S/C12H20N2OS/c1-3-12-10(4-5-15-12)6-13-7-11-8-14-9(2)16-11/h8,10,12-13H,3-7H2,1-2H3. The van der Waals surface area contributed by atoms with Crippen molar-refractivity contribution in [1.82, 2.24) is 10.3 Å². The van der Waals surface area contributed by atoms with Gasteiger partial charge in [0.15, 0.2) is 0 Å². The molecule has 1 fully saturated rings. The van der Waals surface area contributed by atoms with Gasteiger partial charge in [-0.05, 0) is 25.7 Å². The number of aryl methyl sites for hydroxylation is 1. The highest BCUT2D eigenvalue weighted by atomic mass is 32.1. The van der Waals surface area contributed by atoms with E-state index in [1.54, 1.807) is 11.3 Å². The minimum atomic E-state index is 0.468. The number of aromatic nitrogens is 1. The highest BCUT2D eigenvalue weighted by Crippen LogP contribution is 2.22. The quantitative estimate of drug-likeness (QED) is 0.858. The van der Waals surface area contributed by atoms with Crippen molar-refractivity contribution in [2.45, 2.75) is 39.3 Å². The van der Waals surface area contributed by atoms with Crippen LogP contribution in [-0.2, 0) is 11.3 Å². The third-order valence-corrected chi connectivity index (χ3v) is 4.04. The van der Waals surface area contributed by atoms with E-state index in [0.29, 0.717) is 12.0 Å². The van der Waals surface area contributed by atoms with Gasteiger partial charge in [-0.3, -0.25) is 0 Å². The Labute approximate surface area is 101 Å². The van der Waals surface area contributed by atoms with Crippen molar-refractivity contribution >= 4 is 11.3 Å². The fraction of sp³-hybridized carbons (Fsp3) is 0.750. The zero-order chi connectivity index (χ0) is 11.4. The van der Waals surface area contributed by atoms with Crippen LogP contribution in [0.4, 0.5) is 0 Å². The fourth-order valence-corrected chi connectivity index (χ4v) is 3.01. The number of hydrogen-bond donors (Lipinski definition) is 1. The molecule has 0 aliphatic carbocycles. The van der Waals surface area contributed by atoms with Crippen molar-refractivity contribution in [3.63, 3.8) is 0 Å². The molecule has 90 valence electrons. The van der Waals surface area contributed by atoms with Gasteiger partial charge in [0.25, 0.3) is 0 Å². The minimum Gasteiger partial charge on any atom is -0.378 e. The summed E-state index contributed by atoms with van der Waals surface area (Å²) in [6.45, 7) is 7.19. The van der Waals surface area contributed by atoms with Crippen LogP contribution in [0.3, 0.4) is 0 Å².